The maximum absolute atomic E-state index is 14.8. The number of carbonyl (C=O) groups is 4. The minimum absolute atomic E-state index is 0.103. The van der Waals surface area contributed by atoms with Gasteiger partial charge in [-0.1, -0.05) is 23.3 Å². The number of imide groups is 2. The van der Waals surface area contributed by atoms with Gasteiger partial charge in [0.15, 0.2) is 11.5 Å². The number of methoxy groups -OCH3 is 1. The number of phenolic OH excluding ortho intramolecular Hbond substituents is 1. The Morgan fingerprint density at radius 2 is 1.49 bits per heavy atom. The van der Waals surface area contributed by atoms with Crippen molar-refractivity contribution < 1.29 is 33.4 Å². The average molecular weight is 920 g/mol. The molecule has 1 saturated carbocycles. The van der Waals surface area contributed by atoms with Crippen molar-refractivity contribution in [1.29, 1.82) is 0 Å². The number of hydrogen-bond acceptors (Lipinski definition) is 9. The Morgan fingerprint density at radius 1 is 0.860 bits per heavy atom. The molecule has 0 spiro atoms. The number of halogens is 4. The number of allylic oxidation sites excluding steroid dienone is 2. The lowest BCUT2D eigenvalue weighted by Gasteiger charge is -2.49. The fourth-order valence-electron chi connectivity index (χ4n) is 9.06. The van der Waals surface area contributed by atoms with Crippen molar-refractivity contribution in [2.24, 2.45) is 39.3 Å². The third kappa shape index (κ3) is 6.10. The van der Waals surface area contributed by atoms with Crippen molar-refractivity contribution in [3.63, 3.8) is 0 Å². The molecule has 2 aliphatic heterocycles. The zero-order chi connectivity index (χ0) is 40.7. The topological polar surface area (TPSA) is 132 Å². The van der Waals surface area contributed by atoms with E-state index in [0.29, 0.717) is 27.1 Å². The highest BCUT2D eigenvalue weighted by Gasteiger charge is 2.68. The summed E-state index contributed by atoms with van der Waals surface area (Å²) in [4.78, 5) is 62.4. The summed E-state index contributed by atoms with van der Waals surface area (Å²) in [7, 11) is 5.31. The second kappa shape index (κ2) is 14.5. The molecule has 11 nitrogen and oxygen atoms in total. The molecule has 3 fully saturated rings. The number of anilines is 3. The predicted molar refractivity (Wildman–Crippen MR) is 220 cm³/mol. The molecule has 292 valence electrons. The van der Waals surface area contributed by atoms with Crippen molar-refractivity contribution in [2.75, 3.05) is 35.9 Å². The SMILES string of the molecule is COc1cc(C2C3=CCC4C(=O)N(c5ccc(N=Nc6ccc(N(C)C)cc6)cc5)C(=O)C4C3CC3C(=O)N(c4ccc(F)c(Cl)c4)C(=O)C32C)c(Br)c(Br)c1O. The molecule has 4 aromatic rings. The van der Waals surface area contributed by atoms with Gasteiger partial charge in [0, 0.05) is 30.2 Å². The van der Waals surface area contributed by atoms with Crippen LogP contribution in [0.4, 0.5) is 32.8 Å². The number of hydrogen-bond donors (Lipinski definition) is 1. The zero-order valence-corrected chi connectivity index (χ0v) is 35.0. The zero-order valence-electron chi connectivity index (χ0n) is 31.0. The molecular weight excluding hydrogens is 885 g/mol. The molecule has 1 N–H and O–H groups in total. The van der Waals surface area contributed by atoms with Crippen LogP contribution in [0.15, 0.2) is 104 Å². The van der Waals surface area contributed by atoms with Crippen LogP contribution in [0.2, 0.25) is 5.02 Å². The molecule has 0 bridgehead atoms. The number of ether oxygens (including phenoxy) is 1. The minimum atomic E-state index is -1.42. The van der Waals surface area contributed by atoms with Gasteiger partial charge in [0.1, 0.15) is 5.82 Å². The van der Waals surface area contributed by atoms with Crippen molar-refractivity contribution in [1.82, 2.24) is 0 Å². The van der Waals surface area contributed by atoms with Gasteiger partial charge >= 0.3 is 0 Å². The van der Waals surface area contributed by atoms with Crippen LogP contribution in [0.25, 0.3) is 0 Å². The van der Waals surface area contributed by atoms with E-state index in [9.17, 15) is 28.7 Å². The standard InChI is InChI=1S/C42H35Br2ClFN5O6/c1-42-29(39(54)51(41(42)56)24-13-16-31(46)30(45)17-24)18-27-25(34(42)28-19-32(57-4)37(52)36(44)35(28)43)14-15-26-33(27)40(55)50(38(26)53)23-11-7-21(8-12-23)48-47-20-5-9-22(10-6-20)49(2)3/h5-14,16-17,19,26-27,29,33-34,52H,15,18H2,1-4H3. The van der Waals surface area contributed by atoms with Crippen LogP contribution >= 0.6 is 43.5 Å². The summed E-state index contributed by atoms with van der Waals surface area (Å²) < 4.78 is 20.5. The van der Waals surface area contributed by atoms with E-state index in [4.69, 9.17) is 16.3 Å². The van der Waals surface area contributed by atoms with Crippen LogP contribution in [0.5, 0.6) is 11.5 Å². The van der Waals surface area contributed by atoms with Crippen molar-refractivity contribution in [2.45, 2.75) is 25.7 Å². The van der Waals surface area contributed by atoms with E-state index in [2.05, 4.69) is 42.1 Å². The summed E-state index contributed by atoms with van der Waals surface area (Å²) in [6.07, 6.45) is 2.25. The number of rotatable bonds is 7. The molecule has 15 heteroatoms. The largest absolute Gasteiger partial charge is 0.503 e. The predicted octanol–water partition coefficient (Wildman–Crippen LogP) is 9.63. The van der Waals surface area contributed by atoms with E-state index in [0.717, 1.165) is 22.2 Å². The number of carbonyl (C=O) groups excluding carboxylic acids is 4. The first-order valence-electron chi connectivity index (χ1n) is 18.1. The first kappa shape index (κ1) is 38.9. The lowest BCUT2D eigenvalue weighted by molar-refractivity contribution is -0.131. The van der Waals surface area contributed by atoms with Crippen LogP contribution in [-0.4, -0.2) is 49.9 Å². The molecule has 57 heavy (non-hydrogen) atoms. The number of nitrogens with zero attached hydrogens (tertiary/aromatic N) is 5. The number of amides is 4. The highest BCUT2D eigenvalue weighted by molar-refractivity contribution is 9.13. The van der Waals surface area contributed by atoms with Crippen LogP contribution < -0.4 is 19.4 Å². The van der Waals surface area contributed by atoms with Gasteiger partial charge < -0.3 is 14.7 Å². The second-order valence-corrected chi connectivity index (χ2v) is 17.0. The first-order chi connectivity index (χ1) is 27.2. The normalized spacial score (nSPS) is 25.5. The Bertz CT molecular complexity index is 2440. The van der Waals surface area contributed by atoms with Gasteiger partial charge in [-0.25, -0.2) is 9.29 Å². The van der Waals surface area contributed by atoms with Gasteiger partial charge in [0.25, 0.3) is 0 Å². The Hall–Kier alpha value is -4.92. The number of azo groups is 1. The quantitative estimate of drug-likeness (QED) is 0.111. The summed E-state index contributed by atoms with van der Waals surface area (Å²) in [5.74, 6) is -6.47. The Labute approximate surface area is 349 Å². The monoisotopic (exact) mass is 917 g/mol. The summed E-state index contributed by atoms with van der Waals surface area (Å²) >= 11 is 13.2. The molecule has 4 amide bonds. The van der Waals surface area contributed by atoms with Crippen molar-refractivity contribution in [3.05, 3.63) is 110 Å². The molecule has 6 atom stereocenters. The van der Waals surface area contributed by atoms with E-state index in [-0.39, 0.29) is 45.4 Å². The Balaban J connectivity index is 1.17. The number of aromatic hydroxyl groups is 1. The molecule has 2 saturated heterocycles. The Kier molecular flexibility index (Phi) is 9.89. The average Bonchev–Trinajstić information content (AvgIpc) is 3.57. The van der Waals surface area contributed by atoms with Gasteiger partial charge in [-0.2, -0.15) is 10.2 Å². The number of benzene rings is 4. The van der Waals surface area contributed by atoms with Crippen molar-refractivity contribution in [3.8, 4) is 11.5 Å². The minimum Gasteiger partial charge on any atom is -0.503 e. The van der Waals surface area contributed by atoms with E-state index < -0.39 is 58.5 Å². The van der Waals surface area contributed by atoms with Gasteiger partial charge in [-0.05, 0) is 136 Å². The van der Waals surface area contributed by atoms with Crippen LogP contribution in [0, 0.1) is 34.9 Å². The van der Waals surface area contributed by atoms with Crippen LogP contribution in [-0.2, 0) is 19.2 Å². The first-order valence-corrected chi connectivity index (χ1v) is 20.1. The van der Waals surface area contributed by atoms with E-state index in [1.54, 1.807) is 37.3 Å². The maximum atomic E-state index is 14.8. The van der Waals surface area contributed by atoms with Gasteiger partial charge in [0.05, 0.1) is 62.5 Å². The lowest BCUT2D eigenvalue weighted by Crippen LogP contribution is -2.49. The molecule has 2 heterocycles. The van der Waals surface area contributed by atoms with Crippen molar-refractivity contribution >= 4 is 95.5 Å². The highest BCUT2D eigenvalue weighted by Crippen LogP contribution is 2.65. The summed E-state index contributed by atoms with van der Waals surface area (Å²) in [5, 5.41) is 19.3. The maximum Gasteiger partial charge on any atom is 0.241 e. The van der Waals surface area contributed by atoms with E-state index in [1.807, 2.05) is 49.3 Å². The summed E-state index contributed by atoms with van der Waals surface area (Å²) in [6.45, 7) is 1.72. The Morgan fingerprint density at radius 3 is 2.11 bits per heavy atom. The lowest BCUT2D eigenvalue weighted by atomic mass is 9.51. The van der Waals surface area contributed by atoms with Gasteiger partial charge in [-0.3, -0.25) is 24.1 Å². The molecule has 0 radical (unpaired) electrons. The number of fused-ring (bicyclic) bond motifs is 4. The van der Waals surface area contributed by atoms with Gasteiger partial charge in [-0.15, -0.1) is 0 Å². The molecule has 2 aliphatic carbocycles. The second-order valence-electron chi connectivity index (χ2n) is 15.0. The molecule has 4 aliphatic rings. The molecular formula is C42H35Br2ClFN5O6. The third-order valence-electron chi connectivity index (χ3n) is 11.9. The number of phenols is 1. The third-order valence-corrected chi connectivity index (χ3v) is 14.3. The molecule has 4 aromatic carbocycles. The van der Waals surface area contributed by atoms with Crippen LogP contribution in [0.3, 0.4) is 0 Å². The van der Waals surface area contributed by atoms with Gasteiger partial charge in [0.2, 0.25) is 23.6 Å². The molecule has 0 aromatic heterocycles. The highest BCUT2D eigenvalue weighted by atomic mass is 79.9. The van der Waals surface area contributed by atoms with Crippen LogP contribution in [0.1, 0.15) is 31.2 Å². The fourth-order valence-corrected chi connectivity index (χ4v) is 10.2. The van der Waals surface area contributed by atoms with E-state index >= 15 is 0 Å². The summed E-state index contributed by atoms with van der Waals surface area (Å²) in [6, 6.07) is 19.6. The fraction of sp³-hybridized carbons (Fsp3) is 0.286. The molecule has 8 rings (SSSR count). The van der Waals surface area contributed by atoms with E-state index in [1.165, 1.54) is 24.1 Å². The molecule has 6 unspecified atom stereocenters. The smallest absolute Gasteiger partial charge is 0.241 e. The summed E-state index contributed by atoms with van der Waals surface area (Å²) in [5.41, 5.74) is 2.58.